The number of nitrogens with zero attached hydrogens (tertiary/aromatic N) is 3. The maximum atomic E-state index is 5.47. The van der Waals surface area contributed by atoms with E-state index in [9.17, 15) is 0 Å². The summed E-state index contributed by atoms with van der Waals surface area (Å²) in [4.78, 5) is 4.24. The molecule has 1 aromatic carbocycles. The molecule has 0 saturated heterocycles. The van der Waals surface area contributed by atoms with Gasteiger partial charge in [0.15, 0.2) is 17.0 Å². The number of H-pyrrole nitrogens is 1. The van der Waals surface area contributed by atoms with Crippen LogP contribution in [-0.2, 0) is 6.42 Å². The van der Waals surface area contributed by atoms with E-state index in [0.29, 0.717) is 5.92 Å². The molecule has 0 aliphatic rings. The number of benzene rings is 1. The van der Waals surface area contributed by atoms with Crippen molar-refractivity contribution < 1.29 is 4.52 Å². The summed E-state index contributed by atoms with van der Waals surface area (Å²) < 4.78 is 5.47. The molecule has 0 amide bonds. The average Bonchev–Trinajstić information content (AvgIpc) is 3.12. The van der Waals surface area contributed by atoms with Crippen molar-refractivity contribution in [2.24, 2.45) is 5.92 Å². The normalized spacial score (nSPS) is 11.6. The first-order valence-corrected chi connectivity index (χ1v) is 7.65. The predicted molar refractivity (Wildman–Crippen MR) is 89.7 cm³/mol. The van der Waals surface area contributed by atoms with E-state index in [1.807, 2.05) is 30.3 Å². The van der Waals surface area contributed by atoms with E-state index in [-0.39, 0.29) is 0 Å². The van der Waals surface area contributed by atoms with Gasteiger partial charge in [0.05, 0.1) is 11.1 Å². The third-order valence-electron chi connectivity index (χ3n) is 3.75. The topological polar surface area (TPSA) is 79.6 Å². The highest BCUT2D eigenvalue weighted by molar-refractivity contribution is 5.90. The van der Waals surface area contributed by atoms with Crippen LogP contribution >= 0.6 is 0 Å². The lowest BCUT2D eigenvalue weighted by Gasteiger charge is -2.03. The molecular formula is C17H17N5O. The fourth-order valence-electron chi connectivity index (χ4n) is 2.69. The van der Waals surface area contributed by atoms with Crippen molar-refractivity contribution in [1.29, 1.82) is 0 Å². The molecule has 3 heterocycles. The summed E-state index contributed by atoms with van der Waals surface area (Å²) in [6.45, 7) is 4.35. The van der Waals surface area contributed by atoms with Crippen LogP contribution in [0, 0.1) is 5.92 Å². The number of anilines is 2. The number of hydrogen-bond acceptors (Lipinski definition) is 5. The quantitative estimate of drug-likeness (QED) is 0.595. The van der Waals surface area contributed by atoms with Gasteiger partial charge in [0.2, 0.25) is 0 Å². The fraction of sp³-hybridized carbons (Fsp3) is 0.235. The van der Waals surface area contributed by atoms with Gasteiger partial charge in [-0.1, -0.05) is 19.0 Å². The monoisotopic (exact) mass is 307 g/mol. The number of aromatic amines is 1. The average molecular weight is 307 g/mol. The molecule has 0 bridgehead atoms. The molecule has 23 heavy (non-hydrogen) atoms. The number of hydrogen-bond donors (Lipinski definition) is 2. The van der Waals surface area contributed by atoms with E-state index in [4.69, 9.17) is 4.52 Å². The molecule has 6 heteroatoms. The highest BCUT2D eigenvalue weighted by atomic mass is 16.5. The van der Waals surface area contributed by atoms with Gasteiger partial charge in [0.25, 0.3) is 0 Å². The van der Waals surface area contributed by atoms with Gasteiger partial charge in [-0.3, -0.25) is 5.10 Å². The van der Waals surface area contributed by atoms with E-state index in [2.05, 4.69) is 39.5 Å². The molecule has 0 aliphatic carbocycles. The van der Waals surface area contributed by atoms with Crippen molar-refractivity contribution in [2.45, 2.75) is 20.3 Å². The van der Waals surface area contributed by atoms with Crippen LogP contribution in [0.5, 0.6) is 0 Å². The molecule has 0 fully saturated rings. The molecular weight excluding hydrogens is 290 g/mol. The minimum Gasteiger partial charge on any atom is -0.356 e. The van der Waals surface area contributed by atoms with Crippen LogP contribution < -0.4 is 5.32 Å². The lowest BCUT2D eigenvalue weighted by molar-refractivity contribution is 0.439. The van der Waals surface area contributed by atoms with Crippen LogP contribution in [0.1, 0.15) is 19.5 Å². The Morgan fingerprint density at radius 3 is 3.00 bits per heavy atom. The number of aromatic nitrogens is 4. The Morgan fingerprint density at radius 1 is 1.22 bits per heavy atom. The number of rotatable bonds is 4. The third kappa shape index (κ3) is 2.52. The SMILES string of the molecule is CC(C)Cc1noc2cc(Nc3n[nH]c4ncccc34)ccc12. The minimum atomic E-state index is 0.545. The highest BCUT2D eigenvalue weighted by Gasteiger charge is 2.11. The van der Waals surface area contributed by atoms with Gasteiger partial charge in [-0.05, 0) is 36.6 Å². The molecule has 4 rings (SSSR count). The van der Waals surface area contributed by atoms with Crippen LogP contribution in [0.3, 0.4) is 0 Å². The summed E-state index contributed by atoms with van der Waals surface area (Å²) in [6, 6.07) is 9.87. The van der Waals surface area contributed by atoms with E-state index < -0.39 is 0 Å². The first-order valence-electron chi connectivity index (χ1n) is 7.65. The molecule has 4 aromatic rings. The minimum absolute atomic E-state index is 0.545. The number of nitrogens with one attached hydrogen (secondary N) is 2. The Hall–Kier alpha value is -2.89. The second-order valence-electron chi connectivity index (χ2n) is 6.03. The summed E-state index contributed by atoms with van der Waals surface area (Å²) in [5.74, 6) is 1.29. The zero-order valence-corrected chi connectivity index (χ0v) is 13.0. The maximum Gasteiger partial charge on any atom is 0.169 e. The summed E-state index contributed by atoms with van der Waals surface area (Å²) in [5, 5.41) is 16.7. The van der Waals surface area contributed by atoms with Crippen molar-refractivity contribution in [3.8, 4) is 0 Å². The van der Waals surface area contributed by atoms with Crippen molar-refractivity contribution in [1.82, 2.24) is 20.3 Å². The molecule has 0 unspecified atom stereocenters. The van der Waals surface area contributed by atoms with Crippen molar-refractivity contribution in [3.05, 3.63) is 42.2 Å². The largest absolute Gasteiger partial charge is 0.356 e. The molecule has 6 nitrogen and oxygen atoms in total. The van der Waals surface area contributed by atoms with Gasteiger partial charge < -0.3 is 9.84 Å². The fourth-order valence-corrected chi connectivity index (χ4v) is 2.69. The van der Waals surface area contributed by atoms with Gasteiger partial charge in [-0.15, -0.1) is 0 Å². The van der Waals surface area contributed by atoms with Crippen LogP contribution in [0.25, 0.3) is 22.0 Å². The number of fused-ring (bicyclic) bond motifs is 2. The second-order valence-corrected chi connectivity index (χ2v) is 6.03. The molecule has 3 aromatic heterocycles. The van der Waals surface area contributed by atoms with Gasteiger partial charge >= 0.3 is 0 Å². The Kier molecular flexibility index (Phi) is 3.22. The predicted octanol–water partition coefficient (Wildman–Crippen LogP) is 4.04. The molecule has 0 spiro atoms. The Balaban J connectivity index is 1.67. The summed E-state index contributed by atoms with van der Waals surface area (Å²) in [5.41, 5.74) is 3.46. The van der Waals surface area contributed by atoms with Crippen molar-refractivity contribution in [3.63, 3.8) is 0 Å². The summed E-state index contributed by atoms with van der Waals surface area (Å²) in [7, 11) is 0. The van der Waals surface area contributed by atoms with Crippen molar-refractivity contribution in [2.75, 3.05) is 5.32 Å². The lowest BCUT2D eigenvalue weighted by Crippen LogP contribution is -1.94. The van der Waals surface area contributed by atoms with Crippen LogP contribution in [0.2, 0.25) is 0 Å². The van der Waals surface area contributed by atoms with E-state index in [1.54, 1.807) is 6.20 Å². The van der Waals surface area contributed by atoms with Crippen molar-refractivity contribution >= 4 is 33.5 Å². The third-order valence-corrected chi connectivity index (χ3v) is 3.75. The van der Waals surface area contributed by atoms with E-state index in [0.717, 1.165) is 45.6 Å². The Morgan fingerprint density at radius 2 is 2.13 bits per heavy atom. The van der Waals surface area contributed by atoms with E-state index >= 15 is 0 Å². The lowest BCUT2D eigenvalue weighted by atomic mass is 10.1. The smallest absolute Gasteiger partial charge is 0.169 e. The van der Waals surface area contributed by atoms with Gasteiger partial charge in [0.1, 0.15) is 0 Å². The number of pyridine rings is 1. The van der Waals surface area contributed by atoms with Gasteiger partial charge in [-0.2, -0.15) is 5.10 Å². The summed E-state index contributed by atoms with van der Waals surface area (Å²) in [6.07, 6.45) is 2.65. The van der Waals surface area contributed by atoms with Gasteiger partial charge in [-0.25, -0.2) is 4.98 Å². The summed E-state index contributed by atoms with van der Waals surface area (Å²) >= 11 is 0. The first-order chi connectivity index (χ1) is 11.2. The standard InChI is InChI=1S/C17H17N5O/c1-10(2)8-14-12-6-5-11(9-15(12)23-22-14)19-17-13-4-3-7-18-16(13)20-21-17/h3-7,9-10H,8H2,1-2H3,(H2,18,19,20,21). The Labute approximate surface area is 132 Å². The molecule has 2 N–H and O–H groups in total. The van der Waals surface area contributed by atoms with Crippen LogP contribution in [-0.4, -0.2) is 20.3 Å². The van der Waals surface area contributed by atoms with E-state index in [1.165, 1.54) is 0 Å². The van der Waals surface area contributed by atoms with Gasteiger partial charge in [0, 0.05) is 23.3 Å². The Bertz CT molecular complexity index is 969. The van der Waals surface area contributed by atoms with Crippen LogP contribution in [0.4, 0.5) is 11.5 Å². The molecule has 116 valence electrons. The maximum absolute atomic E-state index is 5.47. The molecule has 0 radical (unpaired) electrons. The van der Waals surface area contributed by atoms with Crippen LogP contribution in [0.15, 0.2) is 41.1 Å². The highest BCUT2D eigenvalue weighted by Crippen LogP contribution is 2.27. The second kappa shape index (κ2) is 5.39. The first kappa shape index (κ1) is 13.8. The molecule has 0 atom stereocenters. The molecule has 0 saturated carbocycles. The zero-order valence-electron chi connectivity index (χ0n) is 13.0. The molecule has 0 aliphatic heterocycles. The zero-order chi connectivity index (χ0) is 15.8.